The highest BCUT2D eigenvalue weighted by atomic mass is 32.2. The zero-order chi connectivity index (χ0) is 18.3. The molecule has 1 atom stereocenters. The monoisotopic (exact) mass is 373 g/mol. The first-order chi connectivity index (χ1) is 11.9. The number of hydrogen-bond donors (Lipinski definition) is 2. The first-order valence-electron chi connectivity index (χ1n) is 8.09. The van der Waals surface area contributed by atoms with Gasteiger partial charge in [0.15, 0.2) is 0 Å². The number of nitrogens with one attached hydrogen (secondary N) is 2. The summed E-state index contributed by atoms with van der Waals surface area (Å²) in [6.07, 6.45) is 2.93. The van der Waals surface area contributed by atoms with E-state index >= 15 is 0 Å². The van der Waals surface area contributed by atoms with E-state index in [1.165, 1.54) is 19.2 Å². The van der Waals surface area contributed by atoms with Crippen molar-refractivity contribution in [3.8, 4) is 0 Å². The SMILES string of the molecule is CNS(=O)(=O)c1ccc(NCCCOC[C@H]2CCCO2)c([N+](=O)[O-])c1. The molecule has 1 aliphatic heterocycles. The van der Waals surface area contributed by atoms with E-state index in [0.29, 0.717) is 26.2 Å². The second kappa shape index (κ2) is 9.09. The molecule has 140 valence electrons. The van der Waals surface area contributed by atoms with E-state index in [0.717, 1.165) is 25.5 Å². The molecule has 1 fully saturated rings. The lowest BCUT2D eigenvalue weighted by Crippen LogP contribution is -2.19. The summed E-state index contributed by atoms with van der Waals surface area (Å²) in [7, 11) is -2.47. The summed E-state index contributed by atoms with van der Waals surface area (Å²) in [5.74, 6) is 0. The molecule has 9 nitrogen and oxygen atoms in total. The Morgan fingerprint density at radius 3 is 2.88 bits per heavy atom. The summed E-state index contributed by atoms with van der Waals surface area (Å²) in [6, 6.07) is 3.77. The Bertz CT molecular complexity index is 689. The molecule has 2 N–H and O–H groups in total. The number of nitro benzene ring substituents is 1. The molecule has 1 heterocycles. The predicted molar refractivity (Wildman–Crippen MR) is 92.2 cm³/mol. The fraction of sp³-hybridized carbons (Fsp3) is 0.600. The summed E-state index contributed by atoms with van der Waals surface area (Å²) in [4.78, 5) is 10.4. The highest BCUT2D eigenvalue weighted by Gasteiger charge is 2.20. The predicted octanol–water partition coefficient (Wildman–Crippen LogP) is 1.50. The van der Waals surface area contributed by atoms with Crippen LogP contribution in [-0.2, 0) is 19.5 Å². The lowest BCUT2D eigenvalue weighted by molar-refractivity contribution is -0.384. The molecule has 0 aromatic heterocycles. The average molecular weight is 373 g/mol. The Kier molecular flexibility index (Phi) is 7.12. The molecule has 25 heavy (non-hydrogen) atoms. The normalized spacial score (nSPS) is 17.6. The van der Waals surface area contributed by atoms with Crippen LogP contribution in [0.5, 0.6) is 0 Å². The first-order valence-corrected chi connectivity index (χ1v) is 9.57. The molecule has 1 aromatic rings. The lowest BCUT2D eigenvalue weighted by Gasteiger charge is -2.11. The zero-order valence-electron chi connectivity index (χ0n) is 14.1. The molecule has 0 bridgehead atoms. The molecule has 10 heteroatoms. The molecule has 0 aliphatic carbocycles. The van der Waals surface area contributed by atoms with Crippen molar-refractivity contribution >= 4 is 21.4 Å². The van der Waals surface area contributed by atoms with E-state index in [1.807, 2.05) is 0 Å². The van der Waals surface area contributed by atoms with Gasteiger partial charge < -0.3 is 14.8 Å². The van der Waals surface area contributed by atoms with Gasteiger partial charge in [-0.2, -0.15) is 0 Å². The number of nitrogens with zero attached hydrogens (tertiary/aromatic N) is 1. The van der Waals surface area contributed by atoms with Crippen molar-refractivity contribution in [1.82, 2.24) is 4.72 Å². The van der Waals surface area contributed by atoms with Gasteiger partial charge in [0.2, 0.25) is 10.0 Å². The maximum Gasteiger partial charge on any atom is 0.293 e. The minimum Gasteiger partial charge on any atom is -0.379 e. The topological polar surface area (TPSA) is 120 Å². The Balaban J connectivity index is 1.85. The quantitative estimate of drug-likeness (QED) is 0.362. The lowest BCUT2D eigenvalue weighted by atomic mass is 10.2. The number of rotatable bonds is 10. The number of benzene rings is 1. The van der Waals surface area contributed by atoms with Crippen molar-refractivity contribution in [2.24, 2.45) is 0 Å². The molecule has 1 aliphatic rings. The van der Waals surface area contributed by atoms with Crippen LogP contribution in [-0.4, -0.2) is 52.9 Å². The van der Waals surface area contributed by atoms with Crippen molar-refractivity contribution in [3.63, 3.8) is 0 Å². The first kappa shape index (κ1) is 19.6. The highest BCUT2D eigenvalue weighted by molar-refractivity contribution is 7.89. The molecule has 0 unspecified atom stereocenters. The van der Waals surface area contributed by atoms with Crippen LogP contribution in [0.4, 0.5) is 11.4 Å². The van der Waals surface area contributed by atoms with Crippen molar-refractivity contribution in [3.05, 3.63) is 28.3 Å². The number of nitro groups is 1. The van der Waals surface area contributed by atoms with Gasteiger partial charge in [-0.1, -0.05) is 0 Å². The number of ether oxygens (including phenoxy) is 2. The fourth-order valence-electron chi connectivity index (χ4n) is 2.48. The number of anilines is 1. The smallest absolute Gasteiger partial charge is 0.293 e. The van der Waals surface area contributed by atoms with E-state index in [2.05, 4.69) is 10.0 Å². The van der Waals surface area contributed by atoms with E-state index in [-0.39, 0.29) is 22.4 Å². The van der Waals surface area contributed by atoms with Crippen LogP contribution in [0.15, 0.2) is 23.1 Å². The van der Waals surface area contributed by atoms with Gasteiger partial charge in [-0.3, -0.25) is 10.1 Å². The Morgan fingerprint density at radius 2 is 2.24 bits per heavy atom. The van der Waals surface area contributed by atoms with Crippen LogP contribution in [0.1, 0.15) is 19.3 Å². The molecular formula is C15H23N3O6S. The van der Waals surface area contributed by atoms with Crippen molar-refractivity contribution < 1.29 is 22.8 Å². The van der Waals surface area contributed by atoms with Gasteiger partial charge in [0.05, 0.1) is 22.5 Å². The van der Waals surface area contributed by atoms with Gasteiger partial charge in [-0.25, -0.2) is 13.1 Å². The summed E-state index contributed by atoms with van der Waals surface area (Å²) in [5.41, 5.74) is -0.00391. The Labute approximate surface area is 146 Å². The van der Waals surface area contributed by atoms with E-state index in [1.54, 1.807) is 0 Å². The van der Waals surface area contributed by atoms with Crippen LogP contribution < -0.4 is 10.0 Å². The minimum absolute atomic E-state index is 0.146. The van der Waals surface area contributed by atoms with Crippen LogP contribution in [0.25, 0.3) is 0 Å². The van der Waals surface area contributed by atoms with E-state index in [4.69, 9.17) is 9.47 Å². The van der Waals surface area contributed by atoms with Gasteiger partial charge in [0, 0.05) is 25.8 Å². The van der Waals surface area contributed by atoms with Crippen LogP contribution in [0.2, 0.25) is 0 Å². The molecule has 0 radical (unpaired) electrons. The zero-order valence-corrected chi connectivity index (χ0v) is 14.9. The Hall–Kier alpha value is -1.75. The van der Waals surface area contributed by atoms with E-state index < -0.39 is 14.9 Å². The standard InChI is InChI=1S/C15H23N3O6S/c1-16-25(21,22)13-5-6-14(15(10-13)18(19)20)17-7-3-8-23-11-12-4-2-9-24-12/h5-6,10,12,16-17H,2-4,7-9,11H2,1H3/t12-/m1/s1. The summed E-state index contributed by atoms with van der Waals surface area (Å²) < 4.78 is 36.6. The third-order valence-corrected chi connectivity index (χ3v) is 5.27. The Morgan fingerprint density at radius 1 is 1.44 bits per heavy atom. The molecular weight excluding hydrogens is 350 g/mol. The molecule has 0 saturated carbocycles. The number of sulfonamides is 1. The largest absolute Gasteiger partial charge is 0.379 e. The molecule has 0 amide bonds. The molecule has 0 spiro atoms. The second-order valence-electron chi connectivity index (χ2n) is 5.63. The average Bonchev–Trinajstić information content (AvgIpc) is 3.11. The summed E-state index contributed by atoms with van der Waals surface area (Å²) >= 11 is 0. The van der Waals surface area contributed by atoms with Crippen molar-refractivity contribution in [1.29, 1.82) is 0 Å². The maximum atomic E-state index is 11.7. The van der Waals surface area contributed by atoms with Gasteiger partial charge >= 0.3 is 0 Å². The fourth-order valence-corrected chi connectivity index (χ4v) is 3.23. The molecule has 2 rings (SSSR count). The van der Waals surface area contributed by atoms with Gasteiger partial charge in [-0.05, 0) is 38.4 Å². The van der Waals surface area contributed by atoms with Crippen molar-refractivity contribution in [2.45, 2.75) is 30.3 Å². The van der Waals surface area contributed by atoms with Crippen LogP contribution in [0.3, 0.4) is 0 Å². The maximum absolute atomic E-state index is 11.7. The summed E-state index contributed by atoms with van der Waals surface area (Å²) in [5, 5.41) is 14.1. The summed E-state index contributed by atoms with van der Waals surface area (Å²) in [6.45, 7) is 2.35. The van der Waals surface area contributed by atoms with Crippen LogP contribution in [0, 0.1) is 10.1 Å². The minimum atomic E-state index is -3.73. The number of hydrogen-bond acceptors (Lipinski definition) is 7. The van der Waals surface area contributed by atoms with E-state index in [9.17, 15) is 18.5 Å². The van der Waals surface area contributed by atoms with Gasteiger partial charge in [0.1, 0.15) is 5.69 Å². The van der Waals surface area contributed by atoms with Gasteiger partial charge in [-0.15, -0.1) is 0 Å². The third kappa shape index (κ3) is 5.63. The van der Waals surface area contributed by atoms with Crippen LogP contribution >= 0.6 is 0 Å². The third-order valence-electron chi connectivity index (χ3n) is 3.85. The van der Waals surface area contributed by atoms with Gasteiger partial charge in [0.25, 0.3) is 5.69 Å². The molecule has 1 aromatic carbocycles. The van der Waals surface area contributed by atoms with Crippen molar-refractivity contribution in [2.75, 3.05) is 38.7 Å². The molecule has 1 saturated heterocycles. The second-order valence-corrected chi connectivity index (χ2v) is 7.52. The highest BCUT2D eigenvalue weighted by Crippen LogP contribution is 2.27.